The molecule has 0 heterocycles. The number of nitrogens with one attached hydrogen (secondary N) is 1. The summed E-state index contributed by atoms with van der Waals surface area (Å²) in [5.74, 6) is -1.90. The fourth-order valence-corrected chi connectivity index (χ4v) is 1.08. The van der Waals surface area contributed by atoms with Crippen LogP contribution in [-0.4, -0.2) is 18.4 Å². The molecule has 92 valence electrons. The zero-order chi connectivity index (χ0) is 12.8. The number of rotatable bonds is 3. The number of hydrogen-bond donors (Lipinski definition) is 1. The van der Waals surface area contributed by atoms with E-state index in [1.54, 1.807) is 13.8 Å². The summed E-state index contributed by atoms with van der Waals surface area (Å²) in [4.78, 5) is 10.9. The van der Waals surface area contributed by atoms with E-state index in [0.717, 1.165) is 12.1 Å². The van der Waals surface area contributed by atoms with E-state index < -0.39 is 17.7 Å². The van der Waals surface area contributed by atoms with Crippen molar-refractivity contribution in [1.29, 1.82) is 0 Å². The highest BCUT2D eigenvalue weighted by atomic mass is 19.2. The number of hydrogen-bond acceptors (Lipinski definition) is 3. The Labute approximate surface area is 97.3 Å². The summed E-state index contributed by atoms with van der Waals surface area (Å²) in [6.45, 7) is 3.44. The molecule has 0 aliphatic rings. The number of hydrazone groups is 1. The molecular weight excluding hydrogens is 230 g/mol. The van der Waals surface area contributed by atoms with Crippen LogP contribution >= 0.6 is 0 Å². The van der Waals surface area contributed by atoms with Crippen molar-refractivity contribution in [3.63, 3.8) is 0 Å². The second-order valence-electron chi connectivity index (χ2n) is 3.16. The van der Waals surface area contributed by atoms with Gasteiger partial charge in [-0.05, 0) is 32.0 Å². The molecule has 17 heavy (non-hydrogen) atoms. The van der Waals surface area contributed by atoms with Crippen LogP contribution in [0.2, 0.25) is 0 Å². The lowest BCUT2D eigenvalue weighted by Gasteiger charge is -2.03. The van der Waals surface area contributed by atoms with Gasteiger partial charge >= 0.3 is 6.09 Å². The van der Waals surface area contributed by atoms with E-state index >= 15 is 0 Å². The second-order valence-corrected chi connectivity index (χ2v) is 3.16. The van der Waals surface area contributed by atoms with Crippen molar-refractivity contribution in [3.8, 4) is 0 Å². The first-order chi connectivity index (χ1) is 8.04. The summed E-state index contributed by atoms with van der Waals surface area (Å²) in [5, 5.41) is 3.69. The summed E-state index contributed by atoms with van der Waals surface area (Å²) in [7, 11) is 0. The monoisotopic (exact) mass is 242 g/mol. The molecule has 0 aliphatic carbocycles. The molecule has 0 bridgehead atoms. The highest BCUT2D eigenvalue weighted by Crippen LogP contribution is 2.09. The standard InChI is InChI=1S/C11H12F2N2O2/c1-3-17-11(16)15-14-7(2)8-4-5-9(12)10(13)6-8/h4-6H,3H2,1-2H3,(H,15,16)/b14-7-. The molecule has 0 atom stereocenters. The highest BCUT2D eigenvalue weighted by Gasteiger charge is 2.05. The Bertz CT molecular complexity index is 447. The first kappa shape index (κ1) is 13.1. The van der Waals surface area contributed by atoms with Crippen LogP contribution < -0.4 is 5.43 Å². The third-order valence-corrected chi connectivity index (χ3v) is 1.93. The molecule has 0 spiro atoms. The number of carbonyl (C=O) groups is 1. The molecule has 1 rings (SSSR count). The average Bonchev–Trinajstić information content (AvgIpc) is 2.30. The maximum Gasteiger partial charge on any atom is 0.427 e. The van der Waals surface area contributed by atoms with Crippen molar-refractivity contribution in [2.24, 2.45) is 5.10 Å². The molecule has 0 saturated heterocycles. The molecule has 0 aliphatic heterocycles. The quantitative estimate of drug-likeness (QED) is 0.653. The Morgan fingerprint density at radius 3 is 2.71 bits per heavy atom. The first-order valence-electron chi connectivity index (χ1n) is 4.97. The Balaban J connectivity index is 2.74. The lowest BCUT2D eigenvalue weighted by atomic mass is 10.1. The van der Waals surface area contributed by atoms with Gasteiger partial charge in [0.2, 0.25) is 0 Å². The van der Waals surface area contributed by atoms with Gasteiger partial charge in [-0.15, -0.1) is 0 Å². The van der Waals surface area contributed by atoms with E-state index in [9.17, 15) is 13.6 Å². The van der Waals surface area contributed by atoms with Gasteiger partial charge in [-0.2, -0.15) is 5.10 Å². The molecule has 1 aromatic carbocycles. The zero-order valence-electron chi connectivity index (χ0n) is 9.46. The van der Waals surface area contributed by atoms with Gasteiger partial charge in [0.1, 0.15) is 0 Å². The number of nitrogens with zero attached hydrogens (tertiary/aromatic N) is 1. The molecule has 0 radical (unpaired) electrons. The van der Waals surface area contributed by atoms with E-state index in [2.05, 4.69) is 15.3 Å². The Morgan fingerprint density at radius 2 is 2.12 bits per heavy atom. The van der Waals surface area contributed by atoms with Gasteiger partial charge in [0.15, 0.2) is 11.6 Å². The van der Waals surface area contributed by atoms with Crippen LogP contribution in [-0.2, 0) is 4.74 Å². The first-order valence-corrected chi connectivity index (χ1v) is 4.97. The lowest BCUT2D eigenvalue weighted by molar-refractivity contribution is 0.152. The third kappa shape index (κ3) is 3.82. The Hall–Kier alpha value is -1.98. The van der Waals surface area contributed by atoms with E-state index in [4.69, 9.17) is 0 Å². The highest BCUT2D eigenvalue weighted by molar-refractivity contribution is 5.99. The van der Waals surface area contributed by atoms with E-state index in [1.807, 2.05) is 0 Å². The molecule has 0 aromatic heterocycles. The fourth-order valence-electron chi connectivity index (χ4n) is 1.08. The minimum atomic E-state index is -0.965. The Morgan fingerprint density at radius 1 is 1.41 bits per heavy atom. The number of benzene rings is 1. The number of carbonyl (C=O) groups excluding carboxylic acids is 1. The molecule has 1 aromatic rings. The van der Waals surface area contributed by atoms with Gasteiger partial charge in [0.05, 0.1) is 12.3 Å². The van der Waals surface area contributed by atoms with Gasteiger partial charge < -0.3 is 4.74 Å². The van der Waals surface area contributed by atoms with Crippen molar-refractivity contribution in [1.82, 2.24) is 5.43 Å². The number of amides is 1. The summed E-state index contributed by atoms with van der Waals surface area (Å²) >= 11 is 0. The molecule has 1 N–H and O–H groups in total. The van der Waals surface area contributed by atoms with E-state index in [-0.39, 0.29) is 6.61 Å². The number of halogens is 2. The van der Waals surface area contributed by atoms with Crippen molar-refractivity contribution in [2.45, 2.75) is 13.8 Å². The second kappa shape index (κ2) is 5.93. The molecular formula is C11H12F2N2O2. The summed E-state index contributed by atoms with van der Waals surface area (Å²) < 4.78 is 30.2. The number of ether oxygens (including phenoxy) is 1. The van der Waals surface area contributed by atoms with Crippen molar-refractivity contribution < 1.29 is 18.3 Å². The third-order valence-electron chi connectivity index (χ3n) is 1.93. The van der Waals surface area contributed by atoms with Crippen LogP contribution in [0.3, 0.4) is 0 Å². The van der Waals surface area contributed by atoms with Crippen LogP contribution in [0.25, 0.3) is 0 Å². The van der Waals surface area contributed by atoms with Crippen LogP contribution in [0.5, 0.6) is 0 Å². The van der Waals surface area contributed by atoms with Gasteiger partial charge in [-0.25, -0.2) is 19.0 Å². The minimum absolute atomic E-state index is 0.228. The molecule has 4 nitrogen and oxygen atoms in total. The maximum absolute atomic E-state index is 12.9. The molecule has 6 heteroatoms. The summed E-state index contributed by atoms with van der Waals surface area (Å²) in [6.07, 6.45) is -0.700. The minimum Gasteiger partial charge on any atom is -0.449 e. The molecule has 1 amide bonds. The van der Waals surface area contributed by atoms with E-state index in [0.29, 0.717) is 11.3 Å². The average molecular weight is 242 g/mol. The van der Waals surface area contributed by atoms with Gasteiger partial charge in [0, 0.05) is 5.56 Å². The summed E-state index contributed by atoms with van der Waals surface area (Å²) in [6, 6.07) is 3.36. The van der Waals surface area contributed by atoms with Gasteiger partial charge in [-0.3, -0.25) is 0 Å². The van der Waals surface area contributed by atoms with Crippen LogP contribution in [0, 0.1) is 11.6 Å². The topological polar surface area (TPSA) is 50.7 Å². The van der Waals surface area contributed by atoms with Crippen molar-refractivity contribution in [2.75, 3.05) is 6.61 Å². The van der Waals surface area contributed by atoms with Gasteiger partial charge in [-0.1, -0.05) is 0 Å². The lowest BCUT2D eigenvalue weighted by Crippen LogP contribution is -2.20. The fraction of sp³-hybridized carbons (Fsp3) is 0.273. The normalized spacial score (nSPS) is 11.2. The van der Waals surface area contributed by atoms with Crippen LogP contribution in [0.1, 0.15) is 19.4 Å². The van der Waals surface area contributed by atoms with Crippen LogP contribution in [0.4, 0.5) is 13.6 Å². The molecule has 0 unspecified atom stereocenters. The smallest absolute Gasteiger partial charge is 0.427 e. The predicted molar refractivity (Wildman–Crippen MR) is 58.7 cm³/mol. The predicted octanol–water partition coefficient (Wildman–Crippen LogP) is 2.43. The summed E-state index contributed by atoms with van der Waals surface area (Å²) in [5.41, 5.74) is 2.85. The maximum atomic E-state index is 12.9. The molecule has 0 fully saturated rings. The molecule has 0 saturated carbocycles. The zero-order valence-corrected chi connectivity index (χ0v) is 9.46. The van der Waals surface area contributed by atoms with Crippen molar-refractivity contribution >= 4 is 11.8 Å². The Kier molecular flexibility index (Phi) is 4.56. The SMILES string of the molecule is CCOC(=O)N/N=C(/C)c1ccc(F)c(F)c1. The van der Waals surface area contributed by atoms with Crippen LogP contribution in [0.15, 0.2) is 23.3 Å². The van der Waals surface area contributed by atoms with E-state index in [1.165, 1.54) is 6.07 Å². The van der Waals surface area contributed by atoms with Crippen molar-refractivity contribution in [3.05, 3.63) is 35.4 Å². The largest absolute Gasteiger partial charge is 0.449 e. The van der Waals surface area contributed by atoms with Gasteiger partial charge in [0.25, 0.3) is 0 Å².